The lowest BCUT2D eigenvalue weighted by atomic mass is 10.1. The topological polar surface area (TPSA) is 55.1 Å². The van der Waals surface area contributed by atoms with Crippen molar-refractivity contribution in [3.8, 4) is 12.3 Å². The second-order valence-corrected chi connectivity index (χ2v) is 3.91. The highest BCUT2D eigenvalue weighted by Crippen LogP contribution is 2.16. The zero-order chi connectivity index (χ0) is 11.3. The molecule has 3 atom stereocenters. The fourth-order valence-corrected chi connectivity index (χ4v) is 1.67. The summed E-state index contributed by atoms with van der Waals surface area (Å²) in [5.74, 6) is 2.53. The van der Waals surface area contributed by atoms with Crippen molar-refractivity contribution in [1.82, 2.24) is 5.32 Å². The first-order valence-corrected chi connectivity index (χ1v) is 5.35. The van der Waals surface area contributed by atoms with Gasteiger partial charge < -0.3 is 11.1 Å². The van der Waals surface area contributed by atoms with E-state index in [1.54, 1.807) is 0 Å². The summed E-state index contributed by atoms with van der Waals surface area (Å²) >= 11 is 0. The molecule has 1 rings (SSSR count). The van der Waals surface area contributed by atoms with Crippen molar-refractivity contribution < 1.29 is 4.79 Å². The van der Waals surface area contributed by atoms with Crippen LogP contribution in [0, 0.1) is 18.3 Å². The summed E-state index contributed by atoms with van der Waals surface area (Å²) in [4.78, 5) is 11.7. The minimum absolute atomic E-state index is 0.0217. The average molecular weight is 206 g/mol. The van der Waals surface area contributed by atoms with E-state index in [-0.39, 0.29) is 23.9 Å². The van der Waals surface area contributed by atoms with Crippen molar-refractivity contribution >= 4 is 5.91 Å². The third-order valence-corrected chi connectivity index (χ3v) is 2.66. The molecule has 0 aromatic heterocycles. The van der Waals surface area contributed by atoms with Crippen LogP contribution >= 0.6 is 0 Å². The van der Waals surface area contributed by atoms with Gasteiger partial charge >= 0.3 is 0 Å². The highest BCUT2D eigenvalue weighted by atomic mass is 16.1. The van der Waals surface area contributed by atoms with Crippen molar-refractivity contribution in [2.75, 3.05) is 0 Å². The van der Waals surface area contributed by atoms with Crippen LogP contribution in [-0.4, -0.2) is 18.0 Å². The quantitative estimate of drug-likeness (QED) is 0.528. The molecule has 0 saturated carbocycles. The summed E-state index contributed by atoms with van der Waals surface area (Å²) in [7, 11) is 0. The molecule has 3 nitrogen and oxygen atoms in total. The number of hydrogen-bond acceptors (Lipinski definition) is 2. The van der Waals surface area contributed by atoms with E-state index in [0.717, 1.165) is 6.42 Å². The van der Waals surface area contributed by atoms with Crippen molar-refractivity contribution in [3.05, 3.63) is 12.2 Å². The lowest BCUT2D eigenvalue weighted by molar-refractivity contribution is -0.124. The molecule has 0 bridgehead atoms. The molecule has 1 aliphatic carbocycles. The minimum Gasteiger partial charge on any atom is -0.352 e. The highest BCUT2D eigenvalue weighted by molar-refractivity contribution is 5.81. The van der Waals surface area contributed by atoms with Gasteiger partial charge in [0.15, 0.2) is 0 Å². The molecule has 82 valence electrons. The molecular weight excluding hydrogens is 188 g/mol. The number of hydrogen-bond donors (Lipinski definition) is 2. The van der Waals surface area contributed by atoms with E-state index >= 15 is 0 Å². The minimum atomic E-state index is -0.0770. The van der Waals surface area contributed by atoms with Crippen LogP contribution in [-0.2, 0) is 4.79 Å². The molecule has 1 amide bonds. The lowest BCUT2D eigenvalue weighted by Crippen LogP contribution is -2.38. The monoisotopic (exact) mass is 206 g/mol. The number of nitrogens with two attached hydrogens (primary N) is 1. The van der Waals surface area contributed by atoms with Gasteiger partial charge in [0.2, 0.25) is 5.91 Å². The summed E-state index contributed by atoms with van der Waals surface area (Å²) in [6, 6.07) is 0.112. The van der Waals surface area contributed by atoms with Gasteiger partial charge in [-0.05, 0) is 12.8 Å². The Kier molecular flexibility index (Phi) is 4.38. The van der Waals surface area contributed by atoms with Crippen LogP contribution in [0.15, 0.2) is 12.2 Å². The third kappa shape index (κ3) is 3.41. The smallest absolute Gasteiger partial charge is 0.227 e. The summed E-state index contributed by atoms with van der Waals surface area (Å²) in [5.41, 5.74) is 5.69. The fraction of sp³-hybridized carbons (Fsp3) is 0.583. The maximum atomic E-state index is 11.7. The number of carbonyl (C=O) groups excluding carboxylic acids is 1. The van der Waals surface area contributed by atoms with Gasteiger partial charge in [0.05, 0.1) is 5.92 Å². The van der Waals surface area contributed by atoms with Gasteiger partial charge in [0, 0.05) is 18.5 Å². The van der Waals surface area contributed by atoms with Gasteiger partial charge in [-0.1, -0.05) is 19.1 Å². The summed E-state index contributed by atoms with van der Waals surface area (Å²) in [5, 5.41) is 2.94. The average Bonchev–Trinajstić information content (AvgIpc) is 2.64. The fourth-order valence-electron chi connectivity index (χ4n) is 1.67. The lowest BCUT2D eigenvalue weighted by Gasteiger charge is -2.17. The van der Waals surface area contributed by atoms with E-state index in [9.17, 15) is 4.79 Å². The molecule has 0 spiro atoms. The van der Waals surface area contributed by atoms with Gasteiger partial charge in [0.25, 0.3) is 0 Å². The van der Waals surface area contributed by atoms with E-state index in [4.69, 9.17) is 12.2 Å². The first-order valence-electron chi connectivity index (χ1n) is 5.35. The van der Waals surface area contributed by atoms with Crippen LogP contribution in [0.25, 0.3) is 0 Å². The van der Waals surface area contributed by atoms with Gasteiger partial charge in [0.1, 0.15) is 0 Å². The van der Waals surface area contributed by atoms with E-state index in [0.29, 0.717) is 12.8 Å². The molecular formula is C12H18N2O. The highest BCUT2D eigenvalue weighted by Gasteiger charge is 2.23. The molecule has 1 aliphatic rings. The molecule has 0 aromatic carbocycles. The molecule has 3 N–H and O–H groups in total. The molecule has 0 aliphatic heterocycles. The second-order valence-electron chi connectivity index (χ2n) is 3.91. The Morgan fingerprint density at radius 1 is 1.73 bits per heavy atom. The number of terminal acetylenes is 1. The maximum absolute atomic E-state index is 11.7. The first kappa shape index (κ1) is 11.8. The number of rotatable bonds is 4. The van der Waals surface area contributed by atoms with E-state index in [1.165, 1.54) is 0 Å². The Bertz CT molecular complexity index is 290. The Morgan fingerprint density at radius 3 is 2.93 bits per heavy atom. The molecule has 0 fully saturated rings. The molecule has 3 heteroatoms. The molecule has 0 aromatic rings. The number of amides is 1. The zero-order valence-electron chi connectivity index (χ0n) is 9.07. The molecule has 0 radical (unpaired) electrons. The van der Waals surface area contributed by atoms with Crippen LogP contribution in [0.1, 0.15) is 26.2 Å². The molecule has 15 heavy (non-hydrogen) atoms. The third-order valence-electron chi connectivity index (χ3n) is 2.66. The van der Waals surface area contributed by atoms with Crippen LogP contribution in [0.2, 0.25) is 0 Å². The van der Waals surface area contributed by atoms with Crippen molar-refractivity contribution in [1.29, 1.82) is 0 Å². The van der Waals surface area contributed by atoms with Crippen molar-refractivity contribution in [2.24, 2.45) is 11.7 Å². The predicted octanol–water partition coefficient (Wildman–Crippen LogP) is 0.808. The molecule has 3 unspecified atom stereocenters. The van der Waals surface area contributed by atoms with Crippen molar-refractivity contribution in [3.63, 3.8) is 0 Å². The number of nitrogens with one attached hydrogen (secondary N) is 1. The van der Waals surface area contributed by atoms with E-state index < -0.39 is 0 Å². The summed E-state index contributed by atoms with van der Waals surface area (Å²) in [6.45, 7) is 2.01. The van der Waals surface area contributed by atoms with Crippen LogP contribution in [0.3, 0.4) is 0 Å². The normalized spacial score (nSPS) is 25.9. The predicted molar refractivity (Wildman–Crippen MR) is 60.9 cm³/mol. The summed E-state index contributed by atoms with van der Waals surface area (Å²) in [6.07, 6.45) is 11.1. The second kappa shape index (κ2) is 5.57. The van der Waals surface area contributed by atoms with Crippen LogP contribution in [0.4, 0.5) is 0 Å². The van der Waals surface area contributed by atoms with E-state index in [1.807, 2.05) is 19.1 Å². The first-order chi connectivity index (χ1) is 7.17. The largest absolute Gasteiger partial charge is 0.352 e. The standard InChI is InChI=1S/C12H18N2O/c1-3-5-11(4-2)14-12(15)9-6-7-10(13)8-9/h1,6-7,9-11H,4-5,8,13H2,2H3,(H,14,15). The zero-order valence-corrected chi connectivity index (χ0v) is 9.07. The number of carbonyl (C=O) groups is 1. The van der Waals surface area contributed by atoms with Crippen molar-refractivity contribution in [2.45, 2.75) is 38.3 Å². The Morgan fingerprint density at radius 2 is 2.47 bits per heavy atom. The van der Waals surface area contributed by atoms with E-state index in [2.05, 4.69) is 11.2 Å². The van der Waals surface area contributed by atoms with Gasteiger partial charge in [-0.25, -0.2) is 0 Å². The Hall–Kier alpha value is -1.27. The maximum Gasteiger partial charge on any atom is 0.227 e. The summed E-state index contributed by atoms with van der Waals surface area (Å²) < 4.78 is 0. The van der Waals surface area contributed by atoms with Gasteiger partial charge in [-0.15, -0.1) is 12.3 Å². The molecule has 0 heterocycles. The Labute approximate surface area is 91.1 Å². The van der Waals surface area contributed by atoms with Gasteiger partial charge in [-0.2, -0.15) is 0 Å². The molecule has 0 saturated heterocycles. The van der Waals surface area contributed by atoms with Gasteiger partial charge in [-0.3, -0.25) is 4.79 Å². The van der Waals surface area contributed by atoms with Crippen LogP contribution < -0.4 is 11.1 Å². The Balaban J connectivity index is 2.41. The SMILES string of the molecule is C#CCC(CC)NC(=O)C1C=CC(N)C1. The van der Waals surface area contributed by atoms with Crippen LogP contribution in [0.5, 0.6) is 0 Å².